The van der Waals surface area contributed by atoms with Gasteiger partial charge in [-0.05, 0) is 30.0 Å². The zero-order valence-electron chi connectivity index (χ0n) is 12.6. The van der Waals surface area contributed by atoms with Crippen LogP contribution in [0.5, 0.6) is 0 Å². The maximum Gasteiger partial charge on any atom is 0.332 e. The molecule has 1 aliphatic rings. The summed E-state index contributed by atoms with van der Waals surface area (Å²) in [6.07, 6.45) is 2.66. The Kier molecular flexibility index (Phi) is 5.44. The van der Waals surface area contributed by atoms with Crippen molar-refractivity contribution in [1.29, 1.82) is 0 Å². The molecule has 0 aliphatic carbocycles. The predicted molar refractivity (Wildman–Crippen MR) is 85.8 cm³/mol. The van der Waals surface area contributed by atoms with E-state index in [0.717, 1.165) is 12.0 Å². The average Bonchev–Trinajstić information content (AvgIpc) is 2.41. The lowest BCUT2D eigenvalue weighted by molar-refractivity contribution is -0.138. The molecule has 1 aliphatic heterocycles. The van der Waals surface area contributed by atoms with Crippen molar-refractivity contribution < 1.29 is 14.3 Å². The molecular formula is C16H19ClN2O3. The highest BCUT2D eigenvalue weighted by Crippen LogP contribution is 2.23. The summed E-state index contributed by atoms with van der Waals surface area (Å²) in [5, 5.41) is 5.96. The molecule has 0 radical (unpaired) electrons. The molecule has 2 N–H and O–H groups in total. The highest BCUT2D eigenvalue weighted by Gasteiger charge is 2.13. The molecule has 0 saturated carbocycles. The number of ether oxygens (including phenoxy) is 1. The Labute approximate surface area is 134 Å². The lowest BCUT2D eigenvalue weighted by Gasteiger charge is -2.15. The van der Waals surface area contributed by atoms with Crippen molar-refractivity contribution in [2.45, 2.75) is 26.7 Å². The number of nitrogens with one attached hydrogen (secondary N) is 2. The third-order valence-electron chi connectivity index (χ3n) is 3.12. The Morgan fingerprint density at radius 3 is 2.77 bits per heavy atom. The first-order valence-electron chi connectivity index (χ1n) is 7.18. The fourth-order valence-corrected chi connectivity index (χ4v) is 2.41. The molecule has 1 aromatic carbocycles. The number of rotatable bonds is 4. The van der Waals surface area contributed by atoms with Crippen molar-refractivity contribution in [2.75, 3.05) is 11.9 Å². The molecule has 0 unspecified atom stereocenters. The zero-order valence-corrected chi connectivity index (χ0v) is 13.4. The summed E-state index contributed by atoms with van der Waals surface area (Å²) < 4.78 is 4.76. The molecule has 0 spiro atoms. The number of cyclic esters (lactones) is 1. The molecule has 1 aromatic rings. The van der Waals surface area contributed by atoms with Crippen LogP contribution in [0.4, 0.5) is 10.5 Å². The first-order valence-corrected chi connectivity index (χ1v) is 7.55. The van der Waals surface area contributed by atoms with E-state index in [9.17, 15) is 9.59 Å². The molecule has 0 atom stereocenters. The van der Waals surface area contributed by atoms with Crippen LogP contribution in [-0.4, -0.2) is 18.6 Å². The Hall–Kier alpha value is -2.01. The van der Waals surface area contributed by atoms with E-state index in [-0.39, 0.29) is 6.61 Å². The van der Waals surface area contributed by atoms with Gasteiger partial charge < -0.3 is 15.4 Å². The van der Waals surface area contributed by atoms with Crippen LogP contribution in [0.15, 0.2) is 30.0 Å². The lowest BCUT2D eigenvalue weighted by atomic mass is 10.0. The number of urea groups is 1. The van der Waals surface area contributed by atoms with Crippen LogP contribution >= 0.6 is 11.6 Å². The molecule has 22 heavy (non-hydrogen) atoms. The molecule has 118 valence electrons. The SMILES string of the molecule is CC(C)Cc1ccc(NC(=O)NC2=CC(=O)OCC2)cc1Cl. The summed E-state index contributed by atoms with van der Waals surface area (Å²) in [6, 6.07) is 5.04. The number of benzene rings is 1. The number of esters is 1. The molecular weight excluding hydrogens is 304 g/mol. The smallest absolute Gasteiger partial charge is 0.332 e. The van der Waals surface area contributed by atoms with Gasteiger partial charge in [0.05, 0.1) is 6.61 Å². The molecule has 2 amide bonds. The minimum Gasteiger partial charge on any atom is -0.462 e. The largest absolute Gasteiger partial charge is 0.462 e. The minimum atomic E-state index is -0.442. The van der Waals surface area contributed by atoms with E-state index in [1.54, 1.807) is 6.07 Å². The average molecular weight is 323 g/mol. The molecule has 2 rings (SSSR count). The van der Waals surface area contributed by atoms with Gasteiger partial charge in [0, 0.05) is 28.9 Å². The summed E-state index contributed by atoms with van der Waals surface area (Å²) in [4.78, 5) is 23.0. The van der Waals surface area contributed by atoms with Gasteiger partial charge >= 0.3 is 12.0 Å². The third kappa shape index (κ3) is 4.77. The van der Waals surface area contributed by atoms with Gasteiger partial charge in [0.15, 0.2) is 0 Å². The van der Waals surface area contributed by atoms with E-state index < -0.39 is 12.0 Å². The normalized spacial score (nSPS) is 14.4. The van der Waals surface area contributed by atoms with Gasteiger partial charge in [-0.3, -0.25) is 0 Å². The molecule has 0 saturated heterocycles. The van der Waals surface area contributed by atoms with Crippen LogP contribution in [0, 0.1) is 5.92 Å². The predicted octanol–water partition coefficient (Wildman–Crippen LogP) is 3.49. The number of halogens is 1. The fourth-order valence-electron chi connectivity index (χ4n) is 2.15. The molecule has 0 aromatic heterocycles. The second-order valence-corrected chi connectivity index (χ2v) is 5.98. The fraction of sp³-hybridized carbons (Fsp3) is 0.375. The van der Waals surface area contributed by atoms with Gasteiger partial charge in [0.2, 0.25) is 0 Å². The van der Waals surface area contributed by atoms with Gasteiger partial charge in [-0.2, -0.15) is 0 Å². The van der Waals surface area contributed by atoms with Crippen molar-refractivity contribution in [3.63, 3.8) is 0 Å². The van der Waals surface area contributed by atoms with E-state index >= 15 is 0 Å². The zero-order chi connectivity index (χ0) is 16.1. The Bertz CT molecular complexity index is 611. The van der Waals surface area contributed by atoms with Crippen LogP contribution in [0.1, 0.15) is 25.8 Å². The van der Waals surface area contributed by atoms with Gasteiger partial charge in [-0.25, -0.2) is 9.59 Å². The Morgan fingerprint density at radius 1 is 1.36 bits per heavy atom. The van der Waals surface area contributed by atoms with Crippen LogP contribution in [0.2, 0.25) is 5.02 Å². The van der Waals surface area contributed by atoms with Crippen LogP contribution < -0.4 is 10.6 Å². The number of anilines is 1. The molecule has 1 heterocycles. The number of carbonyl (C=O) groups excluding carboxylic acids is 2. The number of carbonyl (C=O) groups is 2. The first-order chi connectivity index (χ1) is 10.4. The lowest BCUT2D eigenvalue weighted by Crippen LogP contribution is -2.30. The summed E-state index contributed by atoms with van der Waals surface area (Å²) in [7, 11) is 0. The maximum atomic E-state index is 11.9. The number of hydrogen-bond acceptors (Lipinski definition) is 3. The molecule has 0 fully saturated rings. The van der Waals surface area contributed by atoms with Crippen molar-refractivity contribution in [3.05, 3.63) is 40.6 Å². The topological polar surface area (TPSA) is 67.4 Å². The third-order valence-corrected chi connectivity index (χ3v) is 3.47. The molecule has 0 bridgehead atoms. The Morgan fingerprint density at radius 2 is 2.14 bits per heavy atom. The van der Waals surface area contributed by atoms with E-state index in [2.05, 4.69) is 24.5 Å². The highest BCUT2D eigenvalue weighted by atomic mass is 35.5. The van der Waals surface area contributed by atoms with Gasteiger partial charge in [0.1, 0.15) is 0 Å². The van der Waals surface area contributed by atoms with Gasteiger partial charge in [0.25, 0.3) is 0 Å². The number of hydrogen-bond donors (Lipinski definition) is 2. The van der Waals surface area contributed by atoms with Gasteiger partial charge in [-0.15, -0.1) is 0 Å². The summed E-state index contributed by atoms with van der Waals surface area (Å²) in [5.74, 6) is 0.0697. The van der Waals surface area contributed by atoms with Crippen molar-refractivity contribution in [3.8, 4) is 0 Å². The molecule has 5 nitrogen and oxygen atoms in total. The van der Waals surface area contributed by atoms with Crippen molar-refractivity contribution in [2.24, 2.45) is 5.92 Å². The van der Waals surface area contributed by atoms with E-state index in [4.69, 9.17) is 16.3 Å². The summed E-state index contributed by atoms with van der Waals surface area (Å²) >= 11 is 6.22. The summed E-state index contributed by atoms with van der Waals surface area (Å²) in [6.45, 7) is 4.53. The second-order valence-electron chi connectivity index (χ2n) is 5.57. The van der Waals surface area contributed by atoms with E-state index in [1.807, 2.05) is 12.1 Å². The van der Waals surface area contributed by atoms with Crippen LogP contribution in [0.25, 0.3) is 0 Å². The van der Waals surface area contributed by atoms with Crippen molar-refractivity contribution in [1.82, 2.24) is 5.32 Å². The standard InChI is InChI=1S/C16H19ClN2O3/c1-10(2)7-11-3-4-12(8-14(11)17)18-16(21)19-13-5-6-22-15(20)9-13/h3-4,8-10H,5-7H2,1-2H3,(H2,18,19,21). The van der Waals surface area contributed by atoms with E-state index in [0.29, 0.717) is 28.7 Å². The number of amides is 2. The monoisotopic (exact) mass is 322 g/mol. The Balaban J connectivity index is 1.97. The first kappa shape index (κ1) is 16.4. The molecule has 6 heteroatoms. The summed E-state index contributed by atoms with van der Waals surface area (Å²) in [5.41, 5.74) is 2.20. The quantitative estimate of drug-likeness (QED) is 0.834. The van der Waals surface area contributed by atoms with Gasteiger partial charge in [-0.1, -0.05) is 31.5 Å². The maximum absolute atomic E-state index is 11.9. The van der Waals surface area contributed by atoms with Crippen molar-refractivity contribution >= 4 is 29.3 Å². The minimum absolute atomic E-state index is 0.278. The second kappa shape index (κ2) is 7.31. The van der Waals surface area contributed by atoms with Crippen LogP contribution in [0.3, 0.4) is 0 Å². The van der Waals surface area contributed by atoms with E-state index in [1.165, 1.54) is 6.08 Å². The van der Waals surface area contributed by atoms with Crippen LogP contribution in [-0.2, 0) is 16.0 Å². The highest BCUT2D eigenvalue weighted by molar-refractivity contribution is 6.31.